The quantitative estimate of drug-likeness (QED) is 0.595. The van der Waals surface area contributed by atoms with Gasteiger partial charge >= 0.3 is 0 Å². The van der Waals surface area contributed by atoms with Gasteiger partial charge in [0.25, 0.3) is 5.91 Å². The van der Waals surface area contributed by atoms with Gasteiger partial charge < -0.3 is 16.2 Å². The molecule has 1 aromatic heterocycles. The highest BCUT2D eigenvalue weighted by Gasteiger charge is 2.06. The van der Waals surface area contributed by atoms with Crippen LogP contribution in [0.25, 0.3) is 0 Å². The van der Waals surface area contributed by atoms with Gasteiger partial charge in [0.05, 0.1) is 13.2 Å². The van der Waals surface area contributed by atoms with Crippen molar-refractivity contribution in [1.29, 1.82) is 0 Å². The molecule has 6 nitrogen and oxygen atoms in total. The number of hydrogen-bond acceptors (Lipinski definition) is 4. The maximum atomic E-state index is 11.5. The first-order valence-corrected chi connectivity index (χ1v) is 5.25. The predicted molar refractivity (Wildman–Crippen MR) is 64.3 cm³/mol. The Morgan fingerprint density at radius 1 is 1.44 bits per heavy atom. The van der Waals surface area contributed by atoms with Gasteiger partial charge in [0.15, 0.2) is 0 Å². The van der Waals surface area contributed by atoms with E-state index < -0.39 is 11.8 Å². The number of nitrogens with one attached hydrogen (secondary N) is 1. The van der Waals surface area contributed by atoms with E-state index in [2.05, 4.69) is 22.1 Å². The van der Waals surface area contributed by atoms with Crippen LogP contribution >= 0.6 is 0 Å². The standard InChI is InChI=1S/C12H13N3O3/c13-11(17)8-15-12(18)10-5-4-9(7-14-10)3-1-2-6-16/h4-5,7,16H,2,6,8H2,(H2,13,17)(H,15,18). The molecule has 0 radical (unpaired) electrons. The number of aliphatic hydroxyl groups excluding tert-OH is 1. The zero-order valence-corrected chi connectivity index (χ0v) is 9.64. The fourth-order valence-electron chi connectivity index (χ4n) is 1.08. The minimum absolute atomic E-state index is 0.00797. The Bertz CT molecular complexity index is 486. The summed E-state index contributed by atoms with van der Waals surface area (Å²) in [4.78, 5) is 25.9. The smallest absolute Gasteiger partial charge is 0.270 e. The van der Waals surface area contributed by atoms with Gasteiger partial charge in [-0.15, -0.1) is 0 Å². The van der Waals surface area contributed by atoms with Gasteiger partial charge in [0.2, 0.25) is 5.91 Å². The molecule has 0 unspecified atom stereocenters. The maximum Gasteiger partial charge on any atom is 0.270 e. The average molecular weight is 247 g/mol. The van der Waals surface area contributed by atoms with E-state index in [-0.39, 0.29) is 18.8 Å². The van der Waals surface area contributed by atoms with E-state index >= 15 is 0 Å². The molecular weight excluding hydrogens is 234 g/mol. The molecule has 0 aliphatic carbocycles. The van der Waals surface area contributed by atoms with Crippen molar-refractivity contribution < 1.29 is 14.7 Å². The number of carbonyl (C=O) groups is 2. The Balaban J connectivity index is 2.63. The van der Waals surface area contributed by atoms with Crippen molar-refractivity contribution in [3.05, 3.63) is 29.6 Å². The molecule has 0 aliphatic heterocycles. The molecule has 1 heterocycles. The summed E-state index contributed by atoms with van der Waals surface area (Å²) in [5.74, 6) is 4.44. The van der Waals surface area contributed by atoms with Crippen molar-refractivity contribution >= 4 is 11.8 Å². The molecule has 0 aliphatic rings. The zero-order chi connectivity index (χ0) is 13.4. The topological polar surface area (TPSA) is 105 Å². The summed E-state index contributed by atoms with van der Waals surface area (Å²) >= 11 is 0. The van der Waals surface area contributed by atoms with Gasteiger partial charge in [-0.05, 0) is 12.1 Å². The number of pyridine rings is 1. The Morgan fingerprint density at radius 3 is 2.78 bits per heavy atom. The normalized spacial score (nSPS) is 9.17. The number of nitrogens with zero attached hydrogens (tertiary/aromatic N) is 1. The lowest BCUT2D eigenvalue weighted by Gasteiger charge is -2.01. The van der Waals surface area contributed by atoms with Gasteiger partial charge in [0, 0.05) is 18.2 Å². The number of aliphatic hydroxyl groups is 1. The number of nitrogens with two attached hydrogens (primary N) is 1. The van der Waals surface area contributed by atoms with Crippen LogP contribution in [0.1, 0.15) is 22.5 Å². The molecular formula is C12H13N3O3. The molecule has 0 atom stereocenters. The molecule has 4 N–H and O–H groups in total. The number of primary amides is 1. The van der Waals surface area contributed by atoms with Crippen molar-refractivity contribution in [3.63, 3.8) is 0 Å². The second-order valence-corrected chi connectivity index (χ2v) is 3.36. The Labute approximate surface area is 104 Å². The van der Waals surface area contributed by atoms with Crippen LogP contribution in [-0.4, -0.2) is 35.1 Å². The van der Waals surface area contributed by atoms with E-state index in [1.807, 2.05) is 0 Å². The lowest BCUT2D eigenvalue weighted by Crippen LogP contribution is -2.33. The maximum absolute atomic E-state index is 11.5. The Kier molecular flexibility index (Phi) is 5.35. The molecule has 0 spiro atoms. The van der Waals surface area contributed by atoms with Crippen molar-refractivity contribution in [1.82, 2.24) is 10.3 Å². The van der Waals surface area contributed by atoms with Gasteiger partial charge in [0.1, 0.15) is 5.69 Å². The predicted octanol–water partition coefficient (Wildman–Crippen LogP) is -0.969. The molecule has 0 saturated heterocycles. The van der Waals surface area contributed by atoms with Crippen LogP contribution in [0, 0.1) is 11.8 Å². The molecule has 1 aromatic rings. The third kappa shape index (κ3) is 4.63. The highest BCUT2D eigenvalue weighted by molar-refractivity contribution is 5.94. The summed E-state index contributed by atoms with van der Waals surface area (Å²) in [6.45, 7) is -0.216. The minimum atomic E-state index is -0.616. The van der Waals surface area contributed by atoms with Gasteiger partial charge in [-0.2, -0.15) is 0 Å². The molecule has 94 valence electrons. The molecule has 0 aromatic carbocycles. The van der Waals surface area contributed by atoms with E-state index in [1.165, 1.54) is 12.3 Å². The number of carbonyl (C=O) groups excluding carboxylic acids is 2. The van der Waals surface area contributed by atoms with Crippen LogP contribution in [0.5, 0.6) is 0 Å². The van der Waals surface area contributed by atoms with Crippen LogP contribution in [0.3, 0.4) is 0 Å². The first-order chi connectivity index (χ1) is 8.63. The molecule has 1 rings (SSSR count). The van der Waals surface area contributed by atoms with E-state index in [4.69, 9.17) is 10.8 Å². The lowest BCUT2D eigenvalue weighted by molar-refractivity contribution is -0.117. The van der Waals surface area contributed by atoms with Gasteiger partial charge in [-0.25, -0.2) is 4.98 Å². The molecule has 0 bridgehead atoms. The number of hydrogen-bond donors (Lipinski definition) is 3. The van der Waals surface area contributed by atoms with Crippen LogP contribution in [0.15, 0.2) is 18.3 Å². The average Bonchev–Trinajstić information content (AvgIpc) is 2.37. The molecule has 18 heavy (non-hydrogen) atoms. The highest BCUT2D eigenvalue weighted by atomic mass is 16.2. The van der Waals surface area contributed by atoms with Crippen molar-refractivity contribution in [2.24, 2.45) is 5.73 Å². The van der Waals surface area contributed by atoms with E-state index in [1.54, 1.807) is 6.07 Å². The monoisotopic (exact) mass is 247 g/mol. The summed E-state index contributed by atoms with van der Waals surface area (Å²) in [5.41, 5.74) is 5.73. The molecule has 2 amide bonds. The van der Waals surface area contributed by atoms with Crippen LogP contribution in [0.4, 0.5) is 0 Å². The SMILES string of the molecule is NC(=O)CNC(=O)c1ccc(C#CCCO)cn1. The lowest BCUT2D eigenvalue weighted by atomic mass is 10.2. The van der Waals surface area contributed by atoms with E-state index in [9.17, 15) is 9.59 Å². The second-order valence-electron chi connectivity index (χ2n) is 3.36. The van der Waals surface area contributed by atoms with Crippen LogP contribution in [0.2, 0.25) is 0 Å². The first kappa shape index (κ1) is 13.7. The fourth-order valence-corrected chi connectivity index (χ4v) is 1.08. The van der Waals surface area contributed by atoms with Gasteiger partial charge in [-0.3, -0.25) is 9.59 Å². The summed E-state index contributed by atoms with van der Waals surface area (Å²) < 4.78 is 0. The summed E-state index contributed by atoms with van der Waals surface area (Å²) in [7, 11) is 0. The van der Waals surface area contributed by atoms with Crippen molar-refractivity contribution in [2.75, 3.05) is 13.2 Å². The van der Waals surface area contributed by atoms with Crippen LogP contribution in [-0.2, 0) is 4.79 Å². The Morgan fingerprint density at radius 2 is 2.22 bits per heavy atom. The number of aromatic nitrogens is 1. The molecule has 6 heteroatoms. The largest absolute Gasteiger partial charge is 0.395 e. The van der Waals surface area contributed by atoms with E-state index in [0.29, 0.717) is 12.0 Å². The van der Waals surface area contributed by atoms with Crippen LogP contribution < -0.4 is 11.1 Å². The highest BCUT2D eigenvalue weighted by Crippen LogP contribution is 1.98. The molecule has 0 fully saturated rings. The first-order valence-electron chi connectivity index (χ1n) is 5.25. The second kappa shape index (κ2) is 7.04. The number of amides is 2. The number of rotatable bonds is 4. The third-order valence-corrected chi connectivity index (χ3v) is 1.89. The van der Waals surface area contributed by atoms with Gasteiger partial charge in [-0.1, -0.05) is 11.8 Å². The van der Waals surface area contributed by atoms with Crippen molar-refractivity contribution in [2.45, 2.75) is 6.42 Å². The Hall–Kier alpha value is -2.39. The summed E-state index contributed by atoms with van der Waals surface area (Å²) in [6, 6.07) is 3.13. The zero-order valence-electron chi connectivity index (χ0n) is 9.64. The summed E-state index contributed by atoms with van der Waals surface area (Å²) in [5, 5.41) is 10.9. The minimum Gasteiger partial charge on any atom is -0.395 e. The third-order valence-electron chi connectivity index (χ3n) is 1.89. The fraction of sp³-hybridized carbons (Fsp3) is 0.250. The summed E-state index contributed by atoms with van der Waals surface area (Å²) in [6.07, 6.45) is 1.84. The van der Waals surface area contributed by atoms with Crippen molar-refractivity contribution in [3.8, 4) is 11.8 Å². The van der Waals surface area contributed by atoms with E-state index in [0.717, 1.165) is 0 Å². The molecule has 0 saturated carbocycles.